The molecular formula is C17H21ClN2S. The smallest absolute Gasteiger partial charge is 0.0455 e. The highest BCUT2D eigenvalue weighted by Gasteiger charge is 2.19. The lowest BCUT2D eigenvalue weighted by Crippen LogP contribution is -2.38. The Bertz CT molecular complexity index is 574. The van der Waals surface area contributed by atoms with Crippen molar-refractivity contribution in [3.63, 3.8) is 0 Å². The fraction of sp³-hybridized carbons (Fsp3) is 0.412. The molecule has 1 aromatic carbocycles. The van der Waals surface area contributed by atoms with Crippen LogP contribution in [0.2, 0.25) is 5.02 Å². The molecule has 1 fully saturated rings. The first kappa shape index (κ1) is 14.9. The van der Waals surface area contributed by atoms with Crippen LogP contribution < -0.4 is 5.32 Å². The minimum Gasteiger partial charge on any atom is -0.382 e. The molecule has 0 bridgehead atoms. The van der Waals surface area contributed by atoms with E-state index in [4.69, 9.17) is 11.6 Å². The standard InChI is InChI=1S/C17H21ClN2S/c1-13-16(18)5-2-6-17(13)19-14-7-9-20(10-8-14)12-15-4-3-11-21-15/h2-6,11,14,19H,7-10,12H2,1H3. The fourth-order valence-electron chi connectivity index (χ4n) is 2.84. The Morgan fingerprint density at radius 1 is 1.24 bits per heavy atom. The van der Waals surface area contributed by atoms with Crippen LogP contribution in [-0.2, 0) is 6.54 Å². The van der Waals surface area contributed by atoms with Gasteiger partial charge in [-0.2, -0.15) is 0 Å². The molecule has 2 heterocycles. The fourth-order valence-corrected chi connectivity index (χ4v) is 3.76. The number of thiophene rings is 1. The summed E-state index contributed by atoms with van der Waals surface area (Å²) in [5.74, 6) is 0. The SMILES string of the molecule is Cc1c(Cl)cccc1NC1CCN(Cc2cccs2)CC1. The first-order valence-corrected chi connectivity index (χ1v) is 8.74. The predicted molar refractivity (Wildman–Crippen MR) is 92.4 cm³/mol. The highest BCUT2D eigenvalue weighted by Crippen LogP contribution is 2.26. The van der Waals surface area contributed by atoms with E-state index in [-0.39, 0.29) is 0 Å². The summed E-state index contributed by atoms with van der Waals surface area (Å²) in [5, 5.41) is 6.66. The highest BCUT2D eigenvalue weighted by molar-refractivity contribution is 7.09. The molecule has 4 heteroatoms. The van der Waals surface area contributed by atoms with Gasteiger partial charge in [-0.1, -0.05) is 23.7 Å². The van der Waals surface area contributed by atoms with Gasteiger partial charge in [0.15, 0.2) is 0 Å². The largest absolute Gasteiger partial charge is 0.382 e. The molecular weight excluding hydrogens is 300 g/mol. The molecule has 2 nitrogen and oxygen atoms in total. The van der Waals surface area contributed by atoms with Crippen molar-refractivity contribution < 1.29 is 0 Å². The van der Waals surface area contributed by atoms with Crippen molar-refractivity contribution in [3.8, 4) is 0 Å². The van der Waals surface area contributed by atoms with Crippen LogP contribution in [0.4, 0.5) is 5.69 Å². The zero-order chi connectivity index (χ0) is 14.7. The first-order chi connectivity index (χ1) is 10.2. The summed E-state index contributed by atoms with van der Waals surface area (Å²) in [6.07, 6.45) is 2.38. The Hall–Kier alpha value is -1.03. The van der Waals surface area contributed by atoms with Crippen LogP contribution in [0.3, 0.4) is 0 Å². The second kappa shape index (κ2) is 6.82. The molecule has 0 aliphatic carbocycles. The maximum absolute atomic E-state index is 6.19. The van der Waals surface area contributed by atoms with Gasteiger partial charge in [-0.05, 0) is 48.9 Å². The second-order valence-corrected chi connectivity index (χ2v) is 7.13. The maximum Gasteiger partial charge on any atom is 0.0455 e. The van der Waals surface area contributed by atoms with Gasteiger partial charge in [0.25, 0.3) is 0 Å². The lowest BCUT2D eigenvalue weighted by atomic mass is 10.0. The molecule has 21 heavy (non-hydrogen) atoms. The summed E-state index contributed by atoms with van der Waals surface area (Å²) in [6, 6.07) is 11.0. The quantitative estimate of drug-likeness (QED) is 0.871. The van der Waals surface area contributed by atoms with Crippen LogP contribution in [-0.4, -0.2) is 24.0 Å². The maximum atomic E-state index is 6.19. The molecule has 0 saturated carbocycles. The molecule has 0 amide bonds. The molecule has 0 spiro atoms. The minimum absolute atomic E-state index is 0.557. The number of nitrogens with zero attached hydrogens (tertiary/aromatic N) is 1. The zero-order valence-electron chi connectivity index (χ0n) is 12.3. The third-order valence-electron chi connectivity index (χ3n) is 4.17. The van der Waals surface area contributed by atoms with Gasteiger partial charge in [0.05, 0.1) is 0 Å². The Morgan fingerprint density at radius 3 is 2.76 bits per heavy atom. The Kier molecular flexibility index (Phi) is 4.84. The monoisotopic (exact) mass is 320 g/mol. The van der Waals surface area contributed by atoms with Crippen molar-refractivity contribution in [2.24, 2.45) is 0 Å². The number of rotatable bonds is 4. The number of anilines is 1. The van der Waals surface area contributed by atoms with E-state index in [2.05, 4.69) is 40.7 Å². The molecule has 1 N–H and O–H groups in total. The summed E-state index contributed by atoms with van der Waals surface area (Å²) < 4.78 is 0. The van der Waals surface area contributed by atoms with Gasteiger partial charge in [-0.25, -0.2) is 0 Å². The molecule has 112 valence electrons. The lowest BCUT2D eigenvalue weighted by molar-refractivity contribution is 0.213. The normalized spacial score (nSPS) is 17.0. The van der Waals surface area contributed by atoms with Crippen molar-refractivity contribution in [2.45, 2.75) is 32.4 Å². The topological polar surface area (TPSA) is 15.3 Å². The molecule has 0 radical (unpaired) electrons. The van der Waals surface area contributed by atoms with Crippen molar-refractivity contribution in [1.82, 2.24) is 4.90 Å². The lowest BCUT2D eigenvalue weighted by Gasteiger charge is -2.33. The highest BCUT2D eigenvalue weighted by atomic mass is 35.5. The zero-order valence-corrected chi connectivity index (χ0v) is 13.9. The van der Waals surface area contributed by atoms with E-state index >= 15 is 0 Å². The Morgan fingerprint density at radius 2 is 2.05 bits per heavy atom. The van der Waals surface area contributed by atoms with E-state index in [0.29, 0.717) is 6.04 Å². The van der Waals surface area contributed by atoms with Gasteiger partial charge in [0.1, 0.15) is 0 Å². The van der Waals surface area contributed by atoms with Crippen LogP contribution in [0, 0.1) is 6.92 Å². The molecule has 2 aromatic rings. The van der Waals surface area contributed by atoms with E-state index in [0.717, 1.165) is 30.2 Å². The van der Waals surface area contributed by atoms with E-state index < -0.39 is 0 Å². The van der Waals surface area contributed by atoms with Crippen molar-refractivity contribution >= 4 is 28.6 Å². The number of hydrogen-bond donors (Lipinski definition) is 1. The Labute approximate surface area is 135 Å². The summed E-state index contributed by atoms with van der Waals surface area (Å²) in [5.41, 5.74) is 2.33. The van der Waals surface area contributed by atoms with Gasteiger partial charge in [-0.3, -0.25) is 4.90 Å². The van der Waals surface area contributed by atoms with Crippen LogP contribution >= 0.6 is 22.9 Å². The molecule has 1 saturated heterocycles. The van der Waals surface area contributed by atoms with Gasteiger partial charge in [-0.15, -0.1) is 11.3 Å². The molecule has 1 aliphatic heterocycles. The van der Waals surface area contributed by atoms with Crippen molar-refractivity contribution in [3.05, 3.63) is 51.2 Å². The molecule has 1 aliphatic rings. The predicted octanol–water partition coefficient (Wildman–Crippen LogP) is 4.79. The first-order valence-electron chi connectivity index (χ1n) is 7.49. The van der Waals surface area contributed by atoms with E-state index in [1.807, 2.05) is 23.5 Å². The number of halogens is 1. The van der Waals surface area contributed by atoms with E-state index in [1.54, 1.807) is 0 Å². The van der Waals surface area contributed by atoms with Gasteiger partial charge < -0.3 is 5.32 Å². The van der Waals surface area contributed by atoms with Crippen LogP contribution in [0.25, 0.3) is 0 Å². The summed E-state index contributed by atoms with van der Waals surface area (Å²) in [4.78, 5) is 4.02. The average Bonchev–Trinajstić information content (AvgIpc) is 2.99. The molecule has 3 rings (SSSR count). The van der Waals surface area contributed by atoms with E-state index in [1.165, 1.54) is 23.4 Å². The van der Waals surface area contributed by atoms with Crippen LogP contribution in [0.15, 0.2) is 35.7 Å². The van der Waals surface area contributed by atoms with Gasteiger partial charge >= 0.3 is 0 Å². The molecule has 1 aromatic heterocycles. The average molecular weight is 321 g/mol. The summed E-state index contributed by atoms with van der Waals surface area (Å²) in [6.45, 7) is 5.50. The third-order valence-corrected chi connectivity index (χ3v) is 5.45. The summed E-state index contributed by atoms with van der Waals surface area (Å²) in [7, 11) is 0. The summed E-state index contributed by atoms with van der Waals surface area (Å²) >= 11 is 8.04. The van der Waals surface area contributed by atoms with Crippen molar-refractivity contribution in [2.75, 3.05) is 18.4 Å². The van der Waals surface area contributed by atoms with E-state index in [9.17, 15) is 0 Å². The number of hydrogen-bond acceptors (Lipinski definition) is 3. The molecule has 0 atom stereocenters. The number of piperidine rings is 1. The second-order valence-electron chi connectivity index (χ2n) is 5.69. The van der Waals surface area contributed by atoms with Gasteiger partial charge in [0.2, 0.25) is 0 Å². The number of likely N-dealkylation sites (tertiary alicyclic amines) is 1. The van der Waals surface area contributed by atoms with Gasteiger partial charge in [0, 0.05) is 41.3 Å². The Balaban J connectivity index is 1.53. The molecule has 0 unspecified atom stereocenters. The number of nitrogens with one attached hydrogen (secondary N) is 1. The van der Waals surface area contributed by atoms with Crippen LogP contribution in [0.5, 0.6) is 0 Å². The van der Waals surface area contributed by atoms with Crippen LogP contribution in [0.1, 0.15) is 23.3 Å². The minimum atomic E-state index is 0.557. The van der Waals surface area contributed by atoms with Crippen molar-refractivity contribution in [1.29, 1.82) is 0 Å². The third kappa shape index (κ3) is 3.79. The number of benzene rings is 1.